The van der Waals surface area contributed by atoms with E-state index < -0.39 is 10.0 Å². The molecule has 0 radical (unpaired) electrons. The molecule has 1 fully saturated rings. The number of nitrogens with zero attached hydrogens (tertiary/aromatic N) is 1. The molecule has 1 heterocycles. The van der Waals surface area contributed by atoms with Crippen LogP contribution < -0.4 is 5.32 Å². The predicted molar refractivity (Wildman–Crippen MR) is 87.4 cm³/mol. The van der Waals surface area contributed by atoms with Gasteiger partial charge in [0.1, 0.15) is 0 Å². The van der Waals surface area contributed by atoms with Crippen molar-refractivity contribution >= 4 is 15.9 Å². The molecule has 122 valence electrons. The van der Waals surface area contributed by atoms with Gasteiger partial charge in [-0.15, -0.1) is 0 Å². The highest BCUT2D eigenvalue weighted by Gasteiger charge is 2.25. The van der Waals surface area contributed by atoms with Crippen molar-refractivity contribution in [2.24, 2.45) is 5.92 Å². The van der Waals surface area contributed by atoms with Crippen molar-refractivity contribution in [3.63, 3.8) is 0 Å². The summed E-state index contributed by atoms with van der Waals surface area (Å²) in [6.45, 7) is 5.63. The Hall–Kier alpha value is -1.40. The first kappa shape index (κ1) is 17.0. The van der Waals surface area contributed by atoms with Gasteiger partial charge in [0.25, 0.3) is 5.91 Å². The quantitative estimate of drug-likeness (QED) is 0.917. The molecule has 1 N–H and O–H groups in total. The molecule has 5 nitrogen and oxygen atoms in total. The molecule has 1 aromatic carbocycles. The molecule has 0 saturated carbocycles. The van der Waals surface area contributed by atoms with Crippen LogP contribution in [0.1, 0.15) is 34.3 Å². The summed E-state index contributed by atoms with van der Waals surface area (Å²) in [6.07, 6.45) is 2.83. The maximum absolute atomic E-state index is 12.2. The van der Waals surface area contributed by atoms with Gasteiger partial charge >= 0.3 is 0 Å². The van der Waals surface area contributed by atoms with Gasteiger partial charge in [0.2, 0.25) is 10.0 Å². The van der Waals surface area contributed by atoms with Gasteiger partial charge < -0.3 is 5.32 Å². The average Bonchev–Trinajstić information content (AvgIpc) is 2.44. The van der Waals surface area contributed by atoms with Crippen molar-refractivity contribution in [3.8, 4) is 0 Å². The molecule has 1 aliphatic rings. The van der Waals surface area contributed by atoms with Crippen LogP contribution in [-0.4, -0.2) is 44.5 Å². The fourth-order valence-corrected chi connectivity index (χ4v) is 3.72. The van der Waals surface area contributed by atoms with Gasteiger partial charge in [-0.2, -0.15) is 0 Å². The van der Waals surface area contributed by atoms with Gasteiger partial charge in [-0.25, -0.2) is 12.7 Å². The lowest BCUT2D eigenvalue weighted by Crippen LogP contribution is -2.41. The van der Waals surface area contributed by atoms with E-state index in [4.69, 9.17) is 0 Å². The van der Waals surface area contributed by atoms with Crippen LogP contribution in [0.25, 0.3) is 0 Å². The zero-order valence-corrected chi connectivity index (χ0v) is 14.2. The third-order valence-electron chi connectivity index (χ3n) is 4.22. The first-order chi connectivity index (χ1) is 10.3. The van der Waals surface area contributed by atoms with Crippen molar-refractivity contribution in [2.75, 3.05) is 25.9 Å². The van der Waals surface area contributed by atoms with E-state index in [0.29, 0.717) is 31.1 Å². The molecular formula is C16H24N2O3S. The monoisotopic (exact) mass is 324 g/mol. The number of piperidine rings is 1. The number of amides is 1. The minimum atomic E-state index is -3.09. The Bertz CT molecular complexity index is 647. The molecule has 0 spiro atoms. The average molecular weight is 324 g/mol. The molecule has 0 bridgehead atoms. The maximum atomic E-state index is 12.2. The SMILES string of the molecule is Cc1ccc(C(=O)NCC2CCN(S(C)(=O)=O)CC2)c(C)c1. The zero-order chi connectivity index (χ0) is 16.3. The summed E-state index contributed by atoms with van der Waals surface area (Å²) < 4.78 is 24.4. The van der Waals surface area contributed by atoms with Crippen LogP contribution in [0.3, 0.4) is 0 Å². The first-order valence-electron chi connectivity index (χ1n) is 7.58. The molecule has 0 atom stereocenters. The van der Waals surface area contributed by atoms with Crippen molar-refractivity contribution < 1.29 is 13.2 Å². The van der Waals surface area contributed by atoms with E-state index in [1.165, 1.54) is 10.6 Å². The Morgan fingerprint density at radius 3 is 2.45 bits per heavy atom. The minimum absolute atomic E-state index is 0.0527. The fourth-order valence-electron chi connectivity index (χ4n) is 2.85. The number of benzene rings is 1. The molecule has 0 aliphatic carbocycles. The molecule has 1 saturated heterocycles. The first-order valence-corrected chi connectivity index (χ1v) is 9.43. The van der Waals surface area contributed by atoms with Crippen LogP contribution in [-0.2, 0) is 10.0 Å². The number of nitrogens with one attached hydrogen (secondary N) is 1. The highest BCUT2D eigenvalue weighted by atomic mass is 32.2. The summed E-state index contributed by atoms with van der Waals surface area (Å²) in [6, 6.07) is 5.79. The predicted octanol–water partition coefficient (Wildman–Crippen LogP) is 1.70. The van der Waals surface area contributed by atoms with Crippen LogP contribution in [0.15, 0.2) is 18.2 Å². The summed E-state index contributed by atoms with van der Waals surface area (Å²) in [5, 5.41) is 2.98. The number of rotatable bonds is 4. The molecule has 2 rings (SSSR count). The van der Waals surface area contributed by atoms with E-state index in [1.807, 2.05) is 32.0 Å². The number of hydrogen-bond acceptors (Lipinski definition) is 3. The van der Waals surface area contributed by atoms with Crippen molar-refractivity contribution in [1.29, 1.82) is 0 Å². The van der Waals surface area contributed by atoms with Crippen LogP contribution in [0.2, 0.25) is 0 Å². The lowest BCUT2D eigenvalue weighted by molar-refractivity contribution is 0.0941. The van der Waals surface area contributed by atoms with Crippen molar-refractivity contribution in [1.82, 2.24) is 9.62 Å². The zero-order valence-electron chi connectivity index (χ0n) is 13.4. The molecule has 1 amide bonds. The number of carbonyl (C=O) groups excluding carboxylic acids is 1. The molecule has 6 heteroatoms. The summed E-state index contributed by atoms with van der Waals surface area (Å²) in [7, 11) is -3.09. The largest absolute Gasteiger partial charge is 0.352 e. The van der Waals surface area contributed by atoms with Crippen LogP contribution in [0.4, 0.5) is 0 Å². The Morgan fingerprint density at radius 2 is 1.91 bits per heavy atom. The molecule has 0 aromatic heterocycles. The third kappa shape index (κ3) is 4.30. The van der Waals surface area contributed by atoms with E-state index in [1.54, 1.807) is 0 Å². The molecular weight excluding hydrogens is 300 g/mol. The fraction of sp³-hybridized carbons (Fsp3) is 0.562. The Labute approximate surface area is 132 Å². The minimum Gasteiger partial charge on any atom is -0.352 e. The summed E-state index contributed by atoms with van der Waals surface area (Å²) in [5.74, 6) is 0.288. The number of carbonyl (C=O) groups is 1. The van der Waals surface area contributed by atoms with Crippen LogP contribution >= 0.6 is 0 Å². The topological polar surface area (TPSA) is 66.5 Å². The highest BCUT2D eigenvalue weighted by Crippen LogP contribution is 2.18. The van der Waals surface area contributed by atoms with E-state index in [-0.39, 0.29) is 5.91 Å². The molecule has 1 aromatic rings. The lowest BCUT2D eigenvalue weighted by atomic mass is 9.98. The highest BCUT2D eigenvalue weighted by molar-refractivity contribution is 7.88. The standard InChI is InChI=1S/C16H24N2O3S/c1-12-4-5-15(13(2)10-12)16(19)17-11-14-6-8-18(9-7-14)22(3,20)21/h4-5,10,14H,6-9,11H2,1-3H3,(H,17,19). The van der Waals surface area contributed by atoms with Gasteiger partial charge in [-0.1, -0.05) is 17.7 Å². The maximum Gasteiger partial charge on any atom is 0.251 e. The van der Waals surface area contributed by atoms with Crippen LogP contribution in [0.5, 0.6) is 0 Å². The number of aryl methyl sites for hydroxylation is 2. The van der Waals surface area contributed by atoms with Gasteiger partial charge in [0.05, 0.1) is 6.26 Å². The van der Waals surface area contributed by atoms with Gasteiger partial charge in [0.15, 0.2) is 0 Å². The van der Waals surface area contributed by atoms with E-state index in [2.05, 4.69) is 5.32 Å². The molecule has 22 heavy (non-hydrogen) atoms. The second-order valence-corrected chi connectivity index (χ2v) is 8.12. The summed E-state index contributed by atoms with van der Waals surface area (Å²) in [4.78, 5) is 12.2. The Morgan fingerprint density at radius 1 is 1.27 bits per heavy atom. The van der Waals surface area contributed by atoms with Crippen LogP contribution in [0, 0.1) is 19.8 Å². The van der Waals surface area contributed by atoms with Crippen molar-refractivity contribution in [3.05, 3.63) is 34.9 Å². The van der Waals surface area contributed by atoms with Gasteiger partial charge in [-0.3, -0.25) is 4.79 Å². The molecule has 0 unspecified atom stereocenters. The Kier molecular flexibility index (Phi) is 5.24. The van der Waals surface area contributed by atoms with Gasteiger partial charge in [0, 0.05) is 25.2 Å². The number of sulfonamides is 1. The van der Waals surface area contributed by atoms with Crippen molar-refractivity contribution in [2.45, 2.75) is 26.7 Å². The smallest absolute Gasteiger partial charge is 0.251 e. The van der Waals surface area contributed by atoms with E-state index in [0.717, 1.165) is 24.0 Å². The normalized spacial score (nSPS) is 17.4. The second kappa shape index (κ2) is 6.79. The Balaban J connectivity index is 1.85. The van der Waals surface area contributed by atoms with E-state index in [9.17, 15) is 13.2 Å². The van der Waals surface area contributed by atoms with Gasteiger partial charge in [-0.05, 0) is 44.2 Å². The number of hydrogen-bond donors (Lipinski definition) is 1. The summed E-state index contributed by atoms with van der Waals surface area (Å²) >= 11 is 0. The second-order valence-electron chi connectivity index (χ2n) is 6.13. The summed E-state index contributed by atoms with van der Waals surface area (Å²) in [5.41, 5.74) is 2.82. The van der Waals surface area contributed by atoms with E-state index >= 15 is 0 Å². The molecule has 1 aliphatic heterocycles. The lowest BCUT2D eigenvalue weighted by Gasteiger charge is -2.30. The third-order valence-corrected chi connectivity index (χ3v) is 5.52.